The molecule has 1 fully saturated rings. The first-order valence-corrected chi connectivity index (χ1v) is 9.62. The Labute approximate surface area is 158 Å². The summed E-state index contributed by atoms with van der Waals surface area (Å²) < 4.78 is 6.95. The molecule has 27 heavy (non-hydrogen) atoms. The lowest BCUT2D eigenvalue weighted by Crippen LogP contribution is -2.14. The maximum atomic E-state index is 12.7. The lowest BCUT2D eigenvalue weighted by Gasteiger charge is -2.14. The molecule has 0 aromatic carbocycles. The molecule has 1 aliphatic rings. The Morgan fingerprint density at radius 3 is 2.70 bits per heavy atom. The second-order valence-electron chi connectivity index (χ2n) is 6.70. The van der Waals surface area contributed by atoms with Crippen LogP contribution in [-0.4, -0.2) is 28.5 Å². The summed E-state index contributed by atoms with van der Waals surface area (Å²) in [5.74, 6) is -1.00. The van der Waals surface area contributed by atoms with Gasteiger partial charge in [0.2, 0.25) is 0 Å². The zero-order chi connectivity index (χ0) is 19.1. The number of nitrogens with two attached hydrogens (primary N) is 1. The molecule has 0 atom stereocenters. The van der Waals surface area contributed by atoms with Crippen LogP contribution >= 0.6 is 11.3 Å². The van der Waals surface area contributed by atoms with Gasteiger partial charge >= 0.3 is 5.97 Å². The number of thiophene rings is 1. The molecule has 8 heteroatoms. The van der Waals surface area contributed by atoms with Gasteiger partial charge in [0.25, 0.3) is 11.5 Å². The van der Waals surface area contributed by atoms with E-state index in [9.17, 15) is 14.4 Å². The zero-order valence-electron chi connectivity index (χ0n) is 14.8. The molecule has 0 unspecified atom stereocenters. The molecule has 1 aliphatic carbocycles. The van der Waals surface area contributed by atoms with Crippen LogP contribution in [0.3, 0.4) is 0 Å². The van der Waals surface area contributed by atoms with Gasteiger partial charge in [0.05, 0.1) is 22.9 Å². The van der Waals surface area contributed by atoms with Crippen molar-refractivity contribution in [3.8, 4) is 11.1 Å². The number of methoxy groups -OCH3 is 1. The zero-order valence-corrected chi connectivity index (χ0v) is 15.6. The SMILES string of the molecule is COC(=O)c1c[nH]c(=O)c2c(-c3csc(C(N)=O)c3)cn(C3CCCC3)c12. The summed E-state index contributed by atoms with van der Waals surface area (Å²) in [5, 5.41) is 2.23. The van der Waals surface area contributed by atoms with E-state index in [2.05, 4.69) is 4.98 Å². The molecule has 0 bridgehead atoms. The lowest BCUT2D eigenvalue weighted by atomic mass is 10.1. The monoisotopic (exact) mass is 385 g/mol. The first-order valence-electron chi connectivity index (χ1n) is 8.74. The number of carbonyl (C=O) groups is 2. The smallest absolute Gasteiger partial charge is 0.341 e. The normalized spacial score (nSPS) is 14.7. The summed E-state index contributed by atoms with van der Waals surface area (Å²) in [6, 6.07) is 1.91. The number of aromatic amines is 1. The van der Waals surface area contributed by atoms with Crippen molar-refractivity contribution < 1.29 is 14.3 Å². The van der Waals surface area contributed by atoms with E-state index in [-0.39, 0.29) is 11.6 Å². The van der Waals surface area contributed by atoms with E-state index in [1.165, 1.54) is 24.6 Å². The van der Waals surface area contributed by atoms with Crippen LogP contribution in [0, 0.1) is 0 Å². The van der Waals surface area contributed by atoms with E-state index in [0.29, 0.717) is 26.9 Å². The number of carbonyl (C=O) groups excluding carboxylic acids is 2. The van der Waals surface area contributed by atoms with Gasteiger partial charge in [-0.2, -0.15) is 0 Å². The highest BCUT2D eigenvalue weighted by Crippen LogP contribution is 2.38. The Hall–Kier alpha value is -2.87. The van der Waals surface area contributed by atoms with E-state index in [4.69, 9.17) is 10.5 Å². The molecule has 3 N–H and O–H groups in total. The fourth-order valence-corrected chi connectivity index (χ4v) is 4.63. The highest BCUT2D eigenvalue weighted by atomic mass is 32.1. The number of aromatic nitrogens is 2. The average Bonchev–Trinajstić information content (AvgIpc) is 3.39. The van der Waals surface area contributed by atoms with Crippen molar-refractivity contribution in [3.05, 3.63) is 44.6 Å². The van der Waals surface area contributed by atoms with Crippen LogP contribution in [0.5, 0.6) is 0 Å². The fourth-order valence-electron chi connectivity index (χ4n) is 3.87. The number of ether oxygens (including phenoxy) is 1. The molecule has 0 spiro atoms. The van der Waals surface area contributed by atoms with Gasteiger partial charge in [0, 0.05) is 24.0 Å². The summed E-state index contributed by atoms with van der Waals surface area (Å²) in [6.07, 6.45) is 7.53. The number of nitrogens with one attached hydrogen (secondary N) is 1. The molecular formula is C19H19N3O4S. The number of nitrogens with zero attached hydrogens (tertiary/aromatic N) is 1. The van der Waals surface area contributed by atoms with Crippen molar-refractivity contribution in [1.82, 2.24) is 9.55 Å². The van der Waals surface area contributed by atoms with E-state index < -0.39 is 11.9 Å². The van der Waals surface area contributed by atoms with Crippen LogP contribution in [0.4, 0.5) is 0 Å². The first kappa shape index (κ1) is 17.5. The van der Waals surface area contributed by atoms with Crippen molar-refractivity contribution >= 4 is 34.1 Å². The minimum atomic E-state index is -0.505. The van der Waals surface area contributed by atoms with E-state index in [1.807, 2.05) is 10.8 Å². The van der Waals surface area contributed by atoms with Crippen LogP contribution in [0.25, 0.3) is 22.0 Å². The third-order valence-corrected chi connectivity index (χ3v) is 6.08. The topological polar surface area (TPSA) is 107 Å². The van der Waals surface area contributed by atoms with Crippen LogP contribution in [0.2, 0.25) is 0 Å². The highest BCUT2D eigenvalue weighted by Gasteiger charge is 2.26. The van der Waals surface area contributed by atoms with Crippen molar-refractivity contribution in [2.24, 2.45) is 5.73 Å². The fraction of sp³-hybridized carbons (Fsp3) is 0.316. The number of amides is 1. The lowest BCUT2D eigenvalue weighted by molar-refractivity contribution is 0.0602. The van der Waals surface area contributed by atoms with E-state index >= 15 is 0 Å². The molecule has 0 saturated heterocycles. The molecule has 3 aromatic rings. The molecule has 3 aromatic heterocycles. The number of esters is 1. The first-order chi connectivity index (χ1) is 13.0. The number of H-pyrrole nitrogens is 1. The third-order valence-electron chi connectivity index (χ3n) is 5.14. The Morgan fingerprint density at radius 1 is 1.33 bits per heavy atom. The van der Waals surface area contributed by atoms with Gasteiger partial charge in [-0.15, -0.1) is 11.3 Å². The van der Waals surface area contributed by atoms with Gasteiger partial charge in [-0.05, 0) is 29.9 Å². The quantitative estimate of drug-likeness (QED) is 0.673. The summed E-state index contributed by atoms with van der Waals surface area (Å²) in [6.45, 7) is 0. The largest absolute Gasteiger partial charge is 0.465 e. The molecule has 0 radical (unpaired) electrons. The number of hydrogen-bond acceptors (Lipinski definition) is 5. The maximum absolute atomic E-state index is 12.7. The van der Waals surface area contributed by atoms with E-state index in [1.54, 1.807) is 11.4 Å². The van der Waals surface area contributed by atoms with Crippen molar-refractivity contribution in [2.75, 3.05) is 7.11 Å². The summed E-state index contributed by atoms with van der Waals surface area (Å²) >= 11 is 1.24. The Kier molecular flexibility index (Phi) is 4.35. The maximum Gasteiger partial charge on any atom is 0.341 e. The molecule has 4 rings (SSSR count). The van der Waals surface area contributed by atoms with Crippen LogP contribution in [0.1, 0.15) is 51.8 Å². The van der Waals surface area contributed by atoms with Gasteiger partial charge in [0.15, 0.2) is 0 Å². The molecule has 3 heterocycles. The molecule has 7 nitrogen and oxygen atoms in total. The second-order valence-corrected chi connectivity index (χ2v) is 7.61. The minimum absolute atomic E-state index is 0.223. The second kappa shape index (κ2) is 6.70. The molecular weight excluding hydrogens is 366 g/mol. The third kappa shape index (κ3) is 2.86. The number of hydrogen-bond donors (Lipinski definition) is 2. The number of rotatable bonds is 4. The summed E-state index contributed by atoms with van der Waals surface area (Å²) in [5.41, 5.74) is 7.43. The minimum Gasteiger partial charge on any atom is -0.465 e. The van der Waals surface area contributed by atoms with Crippen LogP contribution in [-0.2, 0) is 4.74 Å². The Balaban J connectivity index is 2.03. The molecule has 1 amide bonds. The van der Waals surface area contributed by atoms with Gasteiger partial charge in [0.1, 0.15) is 5.56 Å². The van der Waals surface area contributed by atoms with Gasteiger partial charge in [-0.25, -0.2) is 4.79 Å². The van der Waals surface area contributed by atoms with Gasteiger partial charge in [-0.3, -0.25) is 9.59 Å². The van der Waals surface area contributed by atoms with Gasteiger partial charge in [-0.1, -0.05) is 12.8 Å². The predicted octanol–water partition coefficient (Wildman–Crippen LogP) is 3.06. The van der Waals surface area contributed by atoms with Crippen LogP contribution < -0.4 is 11.3 Å². The van der Waals surface area contributed by atoms with Crippen molar-refractivity contribution in [3.63, 3.8) is 0 Å². The number of pyridine rings is 1. The summed E-state index contributed by atoms with van der Waals surface area (Å²) in [4.78, 5) is 39.6. The molecule has 1 saturated carbocycles. The van der Waals surface area contributed by atoms with Crippen molar-refractivity contribution in [2.45, 2.75) is 31.7 Å². The highest BCUT2D eigenvalue weighted by molar-refractivity contribution is 7.12. The van der Waals surface area contributed by atoms with Crippen LogP contribution in [0.15, 0.2) is 28.6 Å². The van der Waals surface area contributed by atoms with Gasteiger partial charge < -0.3 is 20.0 Å². The van der Waals surface area contributed by atoms with Crippen molar-refractivity contribution in [1.29, 1.82) is 0 Å². The number of fused-ring (bicyclic) bond motifs is 1. The molecule has 140 valence electrons. The summed E-state index contributed by atoms with van der Waals surface area (Å²) in [7, 11) is 1.32. The Bertz CT molecular complexity index is 1100. The van der Waals surface area contributed by atoms with E-state index in [0.717, 1.165) is 31.2 Å². The predicted molar refractivity (Wildman–Crippen MR) is 103 cm³/mol. The standard InChI is InChI=1S/C19H19N3O4S/c1-26-19(25)12-7-21-18(24)15-13(10-6-14(17(20)23)27-9-10)8-22(16(12)15)11-4-2-3-5-11/h6-9,11H,2-5H2,1H3,(H2,20,23)(H,21,24). The Morgan fingerprint density at radius 2 is 2.07 bits per heavy atom. The number of primary amides is 1. The molecule has 0 aliphatic heterocycles. The average molecular weight is 385 g/mol.